The van der Waals surface area contributed by atoms with Crippen LogP contribution in [-0.2, 0) is 4.79 Å². The molecule has 1 aromatic heterocycles. The Morgan fingerprint density at radius 3 is 3.09 bits per heavy atom. The highest BCUT2D eigenvalue weighted by atomic mass is 16.2. The van der Waals surface area contributed by atoms with E-state index in [2.05, 4.69) is 20.8 Å². The molecule has 0 radical (unpaired) electrons. The molecule has 0 fully saturated rings. The Morgan fingerprint density at radius 2 is 2.18 bits per heavy atom. The van der Waals surface area contributed by atoms with Gasteiger partial charge < -0.3 is 4.98 Å². The third kappa shape index (κ3) is 0.958. The summed E-state index contributed by atoms with van der Waals surface area (Å²) in [5, 5.41) is 0. The highest BCUT2D eigenvalue weighted by Crippen LogP contribution is 2.11. The van der Waals surface area contributed by atoms with Crippen LogP contribution >= 0.6 is 0 Å². The number of aromatic nitrogens is 2. The van der Waals surface area contributed by atoms with Crippen LogP contribution in [0.4, 0.5) is 5.82 Å². The molecule has 0 aromatic carbocycles. The molecule has 1 aliphatic heterocycles. The quantitative estimate of drug-likeness (QED) is 0.483. The van der Waals surface area contributed by atoms with E-state index in [4.69, 9.17) is 0 Å². The van der Waals surface area contributed by atoms with Crippen LogP contribution in [0.25, 0.3) is 6.08 Å². The Hall–Kier alpha value is -1.78. The lowest BCUT2D eigenvalue weighted by Gasteiger charge is -1.99. The molecule has 0 bridgehead atoms. The molecular formula is C6H6N4O. The van der Waals surface area contributed by atoms with Gasteiger partial charge in [-0.15, -0.1) is 0 Å². The van der Waals surface area contributed by atoms with E-state index in [1.54, 1.807) is 12.4 Å². The van der Waals surface area contributed by atoms with E-state index in [1.807, 2.05) is 0 Å². The van der Waals surface area contributed by atoms with Crippen LogP contribution in [0.5, 0.6) is 0 Å². The second-order valence-electron chi connectivity index (χ2n) is 2.11. The van der Waals surface area contributed by atoms with Gasteiger partial charge in [0.2, 0.25) is 0 Å². The Morgan fingerprint density at radius 1 is 1.27 bits per heavy atom. The molecule has 1 amide bonds. The third-order valence-corrected chi connectivity index (χ3v) is 1.37. The first-order chi connectivity index (χ1) is 5.36. The van der Waals surface area contributed by atoms with Gasteiger partial charge >= 0.3 is 0 Å². The molecular weight excluding hydrogens is 144 g/mol. The van der Waals surface area contributed by atoms with Crippen molar-refractivity contribution in [1.82, 2.24) is 15.4 Å². The molecule has 0 saturated heterocycles. The van der Waals surface area contributed by atoms with Crippen LogP contribution in [0.2, 0.25) is 0 Å². The van der Waals surface area contributed by atoms with Crippen LogP contribution in [0.15, 0.2) is 12.4 Å². The molecule has 5 nitrogen and oxygen atoms in total. The minimum absolute atomic E-state index is 0.184. The van der Waals surface area contributed by atoms with E-state index < -0.39 is 0 Å². The summed E-state index contributed by atoms with van der Waals surface area (Å²) >= 11 is 0. The summed E-state index contributed by atoms with van der Waals surface area (Å²) in [4.78, 5) is 17.5. The Kier molecular flexibility index (Phi) is 1.15. The number of hydrogen-bond acceptors (Lipinski definition) is 3. The van der Waals surface area contributed by atoms with Crippen molar-refractivity contribution in [2.24, 2.45) is 0 Å². The normalized spacial score (nSPS) is 14.7. The van der Waals surface area contributed by atoms with Gasteiger partial charge in [-0.25, -0.2) is 4.98 Å². The number of H-pyrrole nitrogens is 1. The predicted molar refractivity (Wildman–Crippen MR) is 39.4 cm³/mol. The zero-order valence-electron chi connectivity index (χ0n) is 5.59. The standard InChI is InChI=1S/C6H6N4O/c11-5-2-1-4-6(10-9-5)8-3-7-4/h1-3,10H,(H,7,8)(H,9,11). The fraction of sp³-hybridized carbons (Fsp3) is 0. The molecule has 0 saturated carbocycles. The lowest BCUT2D eigenvalue weighted by molar-refractivity contribution is -0.115. The molecule has 5 heteroatoms. The number of carbonyl (C=O) groups is 1. The number of rotatable bonds is 0. The van der Waals surface area contributed by atoms with Crippen molar-refractivity contribution in [2.45, 2.75) is 0 Å². The van der Waals surface area contributed by atoms with Gasteiger partial charge in [-0.2, -0.15) is 0 Å². The number of fused-ring (bicyclic) bond motifs is 1. The van der Waals surface area contributed by atoms with Crippen molar-refractivity contribution in [3.8, 4) is 0 Å². The second-order valence-corrected chi connectivity index (χ2v) is 2.11. The number of carbonyl (C=O) groups excluding carboxylic acids is 1. The van der Waals surface area contributed by atoms with Crippen molar-refractivity contribution >= 4 is 17.8 Å². The molecule has 3 N–H and O–H groups in total. The average Bonchev–Trinajstić information content (AvgIpc) is 2.38. The van der Waals surface area contributed by atoms with E-state index in [0.717, 1.165) is 5.69 Å². The zero-order valence-corrected chi connectivity index (χ0v) is 5.59. The van der Waals surface area contributed by atoms with E-state index >= 15 is 0 Å². The van der Waals surface area contributed by atoms with Crippen LogP contribution in [0.3, 0.4) is 0 Å². The molecule has 0 spiro atoms. The van der Waals surface area contributed by atoms with Crippen molar-refractivity contribution in [2.75, 3.05) is 5.43 Å². The SMILES string of the molecule is O=C1C=Cc2[nH]cnc2NN1. The summed E-state index contributed by atoms with van der Waals surface area (Å²) in [5.41, 5.74) is 5.87. The molecule has 2 heterocycles. The minimum Gasteiger partial charge on any atom is -0.343 e. The fourth-order valence-corrected chi connectivity index (χ4v) is 0.852. The average molecular weight is 150 g/mol. The molecule has 2 rings (SSSR count). The number of amides is 1. The largest absolute Gasteiger partial charge is 0.343 e. The molecule has 0 unspecified atom stereocenters. The maximum atomic E-state index is 10.7. The van der Waals surface area contributed by atoms with Crippen LogP contribution in [-0.4, -0.2) is 15.9 Å². The smallest absolute Gasteiger partial charge is 0.262 e. The van der Waals surface area contributed by atoms with Crippen molar-refractivity contribution in [1.29, 1.82) is 0 Å². The second kappa shape index (κ2) is 2.12. The minimum atomic E-state index is -0.184. The first-order valence-corrected chi connectivity index (χ1v) is 3.14. The number of nitrogens with one attached hydrogen (secondary N) is 3. The molecule has 11 heavy (non-hydrogen) atoms. The van der Waals surface area contributed by atoms with E-state index in [0.29, 0.717) is 5.82 Å². The lowest BCUT2D eigenvalue weighted by atomic mass is 10.4. The van der Waals surface area contributed by atoms with Crippen LogP contribution in [0, 0.1) is 0 Å². The van der Waals surface area contributed by atoms with Gasteiger partial charge in [-0.05, 0) is 6.08 Å². The van der Waals surface area contributed by atoms with Gasteiger partial charge in [-0.1, -0.05) is 0 Å². The Labute approximate surface area is 62.5 Å². The highest BCUT2D eigenvalue weighted by molar-refractivity contribution is 5.94. The van der Waals surface area contributed by atoms with Gasteiger partial charge in [-0.3, -0.25) is 15.6 Å². The maximum Gasteiger partial charge on any atom is 0.262 e. The highest BCUT2D eigenvalue weighted by Gasteiger charge is 2.06. The Bertz CT molecular complexity index is 314. The summed E-state index contributed by atoms with van der Waals surface area (Å²) < 4.78 is 0. The monoisotopic (exact) mass is 150 g/mol. The van der Waals surface area contributed by atoms with Crippen molar-refractivity contribution in [3.05, 3.63) is 18.1 Å². The third-order valence-electron chi connectivity index (χ3n) is 1.37. The van der Waals surface area contributed by atoms with Crippen LogP contribution in [0.1, 0.15) is 5.69 Å². The summed E-state index contributed by atoms with van der Waals surface area (Å²) in [7, 11) is 0. The number of hydrazine groups is 1. The first kappa shape index (κ1) is 5.96. The number of hydrogen-bond donors (Lipinski definition) is 3. The summed E-state index contributed by atoms with van der Waals surface area (Å²) in [6.07, 6.45) is 4.65. The summed E-state index contributed by atoms with van der Waals surface area (Å²) in [5.74, 6) is 0.448. The molecule has 0 atom stereocenters. The number of anilines is 1. The van der Waals surface area contributed by atoms with Gasteiger partial charge in [0.1, 0.15) is 0 Å². The number of aromatic amines is 1. The maximum absolute atomic E-state index is 10.7. The van der Waals surface area contributed by atoms with E-state index in [9.17, 15) is 4.79 Å². The van der Waals surface area contributed by atoms with Gasteiger partial charge in [0, 0.05) is 6.08 Å². The molecule has 1 aliphatic rings. The molecule has 0 aliphatic carbocycles. The van der Waals surface area contributed by atoms with Gasteiger partial charge in [0.05, 0.1) is 12.0 Å². The molecule has 56 valence electrons. The zero-order chi connectivity index (χ0) is 7.68. The summed E-state index contributed by atoms with van der Waals surface area (Å²) in [6.45, 7) is 0. The fourth-order valence-electron chi connectivity index (χ4n) is 0.852. The van der Waals surface area contributed by atoms with E-state index in [-0.39, 0.29) is 5.91 Å². The Balaban J connectivity index is 2.42. The lowest BCUT2D eigenvalue weighted by Crippen LogP contribution is -2.26. The molecule has 1 aromatic rings. The first-order valence-electron chi connectivity index (χ1n) is 3.14. The van der Waals surface area contributed by atoms with E-state index in [1.165, 1.54) is 6.08 Å². The van der Waals surface area contributed by atoms with Gasteiger partial charge in [0.15, 0.2) is 5.82 Å². The van der Waals surface area contributed by atoms with Crippen LogP contribution < -0.4 is 10.9 Å². The van der Waals surface area contributed by atoms with Gasteiger partial charge in [0.25, 0.3) is 5.91 Å². The number of nitrogens with zero attached hydrogens (tertiary/aromatic N) is 1. The predicted octanol–water partition coefficient (Wildman–Crippen LogP) is -0.120. The summed E-state index contributed by atoms with van der Waals surface area (Å²) in [6, 6.07) is 0. The topological polar surface area (TPSA) is 69.8 Å². The van der Waals surface area contributed by atoms with Crippen molar-refractivity contribution in [3.63, 3.8) is 0 Å². The van der Waals surface area contributed by atoms with Crippen molar-refractivity contribution < 1.29 is 4.79 Å². The number of imidazole rings is 1.